The van der Waals surface area contributed by atoms with Crippen LogP contribution >= 0.6 is 0 Å². The highest BCUT2D eigenvalue weighted by atomic mass is 16.3. The Morgan fingerprint density at radius 3 is 2.62 bits per heavy atom. The summed E-state index contributed by atoms with van der Waals surface area (Å²) in [4.78, 5) is 0. The van der Waals surface area contributed by atoms with E-state index in [1.165, 1.54) is 16.7 Å². The van der Waals surface area contributed by atoms with E-state index in [0.717, 1.165) is 0 Å². The molecule has 1 aromatic rings. The molecule has 2 atom stereocenters. The molecule has 0 spiro atoms. The summed E-state index contributed by atoms with van der Waals surface area (Å²) in [5.74, 6) is 0. The van der Waals surface area contributed by atoms with Gasteiger partial charge in [0.25, 0.3) is 0 Å². The molecular weight excluding hydrogens is 164 g/mol. The summed E-state index contributed by atoms with van der Waals surface area (Å²) in [6.07, 6.45) is -0.00986. The number of aryl methyl sites for hydroxylation is 1. The summed E-state index contributed by atoms with van der Waals surface area (Å²) in [5.41, 5.74) is 3.60. The number of rotatable bonds is 0. The van der Waals surface area contributed by atoms with Crippen molar-refractivity contribution in [3.05, 3.63) is 34.9 Å². The molecule has 70 valence electrons. The van der Waals surface area contributed by atoms with Gasteiger partial charge < -0.3 is 10.2 Å². The van der Waals surface area contributed by atoms with Crippen LogP contribution in [0.15, 0.2) is 18.2 Å². The molecule has 1 aliphatic rings. The summed E-state index contributed by atoms with van der Waals surface area (Å²) >= 11 is 0. The van der Waals surface area contributed by atoms with E-state index in [9.17, 15) is 10.2 Å². The van der Waals surface area contributed by atoms with Gasteiger partial charge in [0, 0.05) is 12.8 Å². The molecule has 0 aromatic heterocycles. The molecule has 13 heavy (non-hydrogen) atoms. The summed E-state index contributed by atoms with van der Waals surface area (Å²) in [6, 6.07) is 6.07. The zero-order valence-electron chi connectivity index (χ0n) is 7.70. The van der Waals surface area contributed by atoms with Crippen molar-refractivity contribution in [2.24, 2.45) is 0 Å². The SMILES string of the molecule is Cc1cccc2c1CC(O)C(O)C2. The van der Waals surface area contributed by atoms with Gasteiger partial charge in [-0.1, -0.05) is 18.2 Å². The fourth-order valence-electron chi connectivity index (χ4n) is 1.95. The number of hydrogen-bond donors (Lipinski definition) is 2. The minimum Gasteiger partial charge on any atom is -0.390 e. The molecule has 0 fully saturated rings. The van der Waals surface area contributed by atoms with Crippen LogP contribution in [0.25, 0.3) is 0 Å². The van der Waals surface area contributed by atoms with Gasteiger partial charge in [0.05, 0.1) is 12.2 Å². The molecule has 2 N–H and O–H groups in total. The van der Waals surface area contributed by atoms with Gasteiger partial charge in [-0.2, -0.15) is 0 Å². The van der Waals surface area contributed by atoms with E-state index >= 15 is 0 Å². The number of benzene rings is 1. The van der Waals surface area contributed by atoms with E-state index in [-0.39, 0.29) is 0 Å². The van der Waals surface area contributed by atoms with Crippen molar-refractivity contribution in [1.82, 2.24) is 0 Å². The lowest BCUT2D eigenvalue weighted by Crippen LogP contribution is -2.34. The van der Waals surface area contributed by atoms with E-state index in [4.69, 9.17) is 0 Å². The highest BCUT2D eigenvalue weighted by molar-refractivity contribution is 5.37. The van der Waals surface area contributed by atoms with Gasteiger partial charge in [0.2, 0.25) is 0 Å². The van der Waals surface area contributed by atoms with E-state index in [1.807, 2.05) is 25.1 Å². The van der Waals surface area contributed by atoms with Crippen LogP contribution in [-0.2, 0) is 12.8 Å². The maximum atomic E-state index is 9.50. The van der Waals surface area contributed by atoms with Crippen molar-refractivity contribution in [1.29, 1.82) is 0 Å². The summed E-state index contributed by atoms with van der Waals surface area (Å²) in [7, 11) is 0. The van der Waals surface area contributed by atoms with Gasteiger partial charge in [-0.25, -0.2) is 0 Å². The van der Waals surface area contributed by atoms with Gasteiger partial charge in [-0.15, -0.1) is 0 Å². The average molecular weight is 178 g/mol. The van der Waals surface area contributed by atoms with Gasteiger partial charge in [-0.05, 0) is 23.6 Å². The van der Waals surface area contributed by atoms with Crippen LogP contribution in [0.5, 0.6) is 0 Å². The van der Waals surface area contributed by atoms with Gasteiger partial charge in [0.1, 0.15) is 0 Å². The first-order chi connectivity index (χ1) is 6.18. The van der Waals surface area contributed by atoms with Crippen LogP contribution in [0.1, 0.15) is 16.7 Å². The molecule has 2 nitrogen and oxygen atoms in total. The Kier molecular flexibility index (Phi) is 2.10. The predicted molar refractivity (Wildman–Crippen MR) is 50.6 cm³/mol. The number of hydrogen-bond acceptors (Lipinski definition) is 2. The second kappa shape index (κ2) is 3.13. The highest BCUT2D eigenvalue weighted by Gasteiger charge is 2.25. The van der Waals surface area contributed by atoms with Crippen molar-refractivity contribution >= 4 is 0 Å². The van der Waals surface area contributed by atoms with E-state index in [0.29, 0.717) is 12.8 Å². The van der Waals surface area contributed by atoms with Crippen LogP contribution in [0.4, 0.5) is 0 Å². The molecule has 2 heteroatoms. The zero-order chi connectivity index (χ0) is 9.42. The second-order valence-corrected chi connectivity index (χ2v) is 3.76. The number of aliphatic hydroxyl groups excluding tert-OH is 2. The van der Waals surface area contributed by atoms with Gasteiger partial charge in [0.15, 0.2) is 0 Å². The fraction of sp³-hybridized carbons (Fsp3) is 0.455. The first-order valence-electron chi connectivity index (χ1n) is 4.62. The third-order valence-electron chi connectivity index (χ3n) is 2.79. The van der Waals surface area contributed by atoms with Gasteiger partial charge >= 0.3 is 0 Å². The van der Waals surface area contributed by atoms with Crippen LogP contribution in [0.3, 0.4) is 0 Å². The molecule has 0 heterocycles. The maximum Gasteiger partial charge on any atom is 0.0842 e. The topological polar surface area (TPSA) is 40.5 Å². The monoisotopic (exact) mass is 178 g/mol. The summed E-state index contributed by atoms with van der Waals surface area (Å²) in [5, 5.41) is 19.0. The Hall–Kier alpha value is -0.860. The Labute approximate surface area is 77.8 Å². The number of aliphatic hydroxyl groups is 2. The average Bonchev–Trinajstić information content (AvgIpc) is 2.09. The minimum absolute atomic E-state index is 0.582. The third kappa shape index (κ3) is 1.47. The lowest BCUT2D eigenvalue weighted by Gasteiger charge is -2.26. The van der Waals surface area contributed by atoms with Crippen LogP contribution in [0.2, 0.25) is 0 Å². The molecule has 1 aliphatic carbocycles. The normalized spacial score (nSPS) is 27.0. The second-order valence-electron chi connectivity index (χ2n) is 3.76. The predicted octanol–water partition coefficient (Wildman–Crippen LogP) is 0.815. The first-order valence-corrected chi connectivity index (χ1v) is 4.62. The lowest BCUT2D eigenvalue weighted by molar-refractivity contribution is 0.0140. The summed E-state index contributed by atoms with van der Waals surface area (Å²) in [6.45, 7) is 2.04. The number of fused-ring (bicyclic) bond motifs is 1. The molecule has 0 bridgehead atoms. The van der Waals surface area contributed by atoms with E-state index < -0.39 is 12.2 Å². The van der Waals surface area contributed by atoms with Crippen molar-refractivity contribution in [3.63, 3.8) is 0 Å². The van der Waals surface area contributed by atoms with E-state index in [2.05, 4.69) is 0 Å². The largest absolute Gasteiger partial charge is 0.390 e. The highest BCUT2D eigenvalue weighted by Crippen LogP contribution is 2.24. The smallest absolute Gasteiger partial charge is 0.0842 e. The van der Waals surface area contributed by atoms with Crippen LogP contribution in [0, 0.1) is 6.92 Å². The standard InChI is InChI=1S/C11H14O2/c1-7-3-2-4-8-5-10(12)11(13)6-9(7)8/h2-4,10-13H,5-6H2,1H3. The van der Waals surface area contributed by atoms with Crippen molar-refractivity contribution in [2.75, 3.05) is 0 Å². The molecule has 0 amide bonds. The maximum absolute atomic E-state index is 9.50. The van der Waals surface area contributed by atoms with Crippen LogP contribution in [-0.4, -0.2) is 22.4 Å². The Morgan fingerprint density at radius 1 is 1.15 bits per heavy atom. The van der Waals surface area contributed by atoms with Crippen molar-refractivity contribution in [2.45, 2.75) is 32.0 Å². The minimum atomic E-state index is -0.589. The lowest BCUT2D eigenvalue weighted by atomic mass is 9.85. The Morgan fingerprint density at radius 2 is 1.85 bits per heavy atom. The molecule has 0 radical (unpaired) electrons. The van der Waals surface area contributed by atoms with E-state index in [1.54, 1.807) is 0 Å². The Balaban J connectivity index is 2.42. The zero-order valence-corrected chi connectivity index (χ0v) is 7.70. The van der Waals surface area contributed by atoms with Crippen molar-refractivity contribution in [3.8, 4) is 0 Å². The molecule has 2 rings (SSSR count). The first kappa shape index (κ1) is 8.73. The Bertz CT molecular complexity index is 320. The molecule has 0 saturated heterocycles. The quantitative estimate of drug-likeness (QED) is 0.617. The molecule has 1 aromatic carbocycles. The fourth-order valence-corrected chi connectivity index (χ4v) is 1.95. The molecule has 2 unspecified atom stereocenters. The van der Waals surface area contributed by atoms with Crippen molar-refractivity contribution < 1.29 is 10.2 Å². The molecule has 0 aliphatic heterocycles. The molecular formula is C11H14O2. The molecule has 0 saturated carbocycles. The third-order valence-corrected chi connectivity index (χ3v) is 2.79. The van der Waals surface area contributed by atoms with Crippen LogP contribution < -0.4 is 0 Å². The van der Waals surface area contributed by atoms with Gasteiger partial charge in [-0.3, -0.25) is 0 Å². The summed E-state index contributed by atoms with van der Waals surface area (Å²) < 4.78 is 0.